The van der Waals surface area contributed by atoms with Crippen molar-refractivity contribution in [2.75, 3.05) is 13.6 Å². The minimum atomic E-state index is 0.233. The van der Waals surface area contributed by atoms with Crippen LogP contribution in [-0.4, -0.2) is 26.3 Å². The summed E-state index contributed by atoms with van der Waals surface area (Å²) in [5.74, 6) is 0.233. The van der Waals surface area contributed by atoms with E-state index in [0.29, 0.717) is 12.0 Å². The molecule has 2 N–H and O–H groups in total. The van der Waals surface area contributed by atoms with Gasteiger partial charge in [-0.1, -0.05) is 13.8 Å². The molecule has 4 heteroatoms. The second kappa shape index (κ2) is 7.68. The van der Waals surface area contributed by atoms with Crippen molar-refractivity contribution in [1.29, 1.82) is 0 Å². The highest BCUT2D eigenvalue weighted by atomic mass is 16.1. The topological polar surface area (TPSA) is 58.2 Å². The Bertz CT molecular complexity index is 304. The molecular weight excluding hydrogens is 204 g/mol. The normalized spacial score (nSPS) is 13.2. The summed E-state index contributed by atoms with van der Waals surface area (Å²) in [6.07, 6.45) is 3.32. The van der Waals surface area contributed by atoms with Crippen LogP contribution in [-0.2, 0) is 9.59 Å². The van der Waals surface area contributed by atoms with Gasteiger partial charge >= 0.3 is 0 Å². The maximum atomic E-state index is 11.0. The molecule has 0 rings (SSSR count). The van der Waals surface area contributed by atoms with E-state index >= 15 is 0 Å². The quantitative estimate of drug-likeness (QED) is 0.385. The summed E-state index contributed by atoms with van der Waals surface area (Å²) in [7, 11) is 1.83. The molecule has 4 nitrogen and oxygen atoms in total. The summed E-state index contributed by atoms with van der Waals surface area (Å²) in [6.45, 7) is 6.23. The lowest BCUT2D eigenvalue weighted by Gasteiger charge is -2.12. The number of hydrogen-bond acceptors (Lipinski definition) is 3. The maximum absolute atomic E-state index is 11.0. The predicted molar refractivity (Wildman–Crippen MR) is 64.8 cm³/mol. The molecule has 0 fully saturated rings. The lowest BCUT2D eigenvalue weighted by Crippen LogP contribution is -2.18. The number of allylic oxidation sites excluding steroid dienone is 3. The van der Waals surface area contributed by atoms with Crippen molar-refractivity contribution in [2.45, 2.75) is 20.8 Å². The lowest BCUT2D eigenvalue weighted by molar-refractivity contribution is -0.109. The Morgan fingerprint density at radius 3 is 2.31 bits per heavy atom. The zero-order chi connectivity index (χ0) is 12.6. The Hall–Kier alpha value is -1.58. The molecule has 16 heavy (non-hydrogen) atoms. The van der Waals surface area contributed by atoms with Crippen molar-refractivity contribution in [3.63, 3.8) is 0 Å². The fraction of sp³-hybridized carbons (Fsp3) is 0.500. The van der Waals surface area contributed by atoms with Crippen LogP contribution in [0.15, 0.2) is 22.9 Å². The van der Waals surface area contributed by atoms with Gasteiger partial charge < -0.3 is 10.6 Å². The van der Waals surface area contributed by atoms with Crippen LogP contribution < -0.4 is 10.6 Å². The van der Waals surface area contributed by atoms with Gasteiger partial charge in [-0.3, -0.25) is 9.59 Å². The number of hydrogen-bond donors (Lipinski definition) is 2. The van der Waals surface area contributed by atoms with Crippen LogP contribution >= 0.6 is 0 Å². The van der Waals surface area contributed by atoms with E-state index in [1.807, 2.05) is 33.9 Å². The van der Waals surface area contributed by atoms with Gasteiger partial charge in [0, 0.05) is 24.9 Å². The van der Waals surface area contributed by atoms with Crippen LogP contribution in [0.5, 0.6) is 0 Å². The van der Waals surface area contributed by atoms with Gasteiger partial charge in [0.1, 0.15) is 6.29 Å². The van der Waals surface area contributed by atoms with Gasteiger partial charge in [0.25, 0.3) is 0 Å². The fourth-order valence-corrected chi connectivity index (χ4v) is 1.30. The lowest BCUT2D eigenvalue weighted by atomic mass is 9.96. The predicted octanol–water partition coefficient (Wildman–Crippen LogP) is 1.01. The molecule has 0 saturated heterocycles. The molecule has 0 aliphatic carbocycles. The van der Waals surface area contributed by atoms with E-state index < -0.39 is 0 Å². The molecule has 0 aromatic heterocycles. The van der Waals surface area contributed by atoms with E-state index in [-0.39, 0.29) is 12.5 Å². The molecular formula is C12H20N2O2. The van der Waals surface area contributed by atoms with E-state index in [9.17, 15) is 9.59 Å². The van der Waals surface area contributed by atoms with Crippen molar-refractivity contribution in [2.24, 2.45) is 5.92 Å². The first kappa shape index (κ1) is 14.4. The molecule has 0 aliphatic heterocycles. The Morgan fingerprint density at radius 1 is 1.31 bits per heavy atom. The minimum absolute atomic E-state index is 0.233. The van der Waals surface area contributed by atoms with Crippen molar-refractivity contribution in [3.8, 4) is 0 Å². The van der Waals surface area contributed by atoms with Gasteiger partial charge in [-0.2, -0.15) is 0 Å². The second-order valence-corrected chi connectivity index (χ2v) is 3.83. The fourth-order valence-electron chi connectivity index (χ4n) is 1.30. The summed E-state index contributed by atoms with van der Waals surface area (Å²) in [5, 5.41) is 5.51. The highest BCUT2D eigenvalue weighted by Crippen LogP contribution is 2.16. The van der Waals surface area contributed by atoms with Crippen LogP contribution in [0, 0.1) is 5.92 Å². The Labute approximate surface area is 96.8 Å². The molecule has 0 saturated carbocycles. The van der Waals surface area contributed by atoms with Crippen LogP contribution in [0.1, 0.15) is 20.8 Å². The zero-order valence-electron chi connectivity index (χ0n) is 10.3. The van der Waals surface area contributed by atoms with E-state index in [2.05, 4.69) is 10.6 Å². The molecule has 0 atom stereocenters. The SMILES string of the molecule is CN/C(C)=C\C(=C(/C=O)CNC=O)C(C)C. The molecule has 0 heterocycles. The summed E-state index contributed by atoms with van der Waals surface area (Å²) in [4.78, 5) is 21.2. The van der Waals surface area contributed by atoms with Crippen LogP contribution in [0.4, 0.5) is 0 Å². The van der Waals surface area contributed by atoms with Crippen LogP contribution in [0.25, 0.3) is 0 Å². The molecule has 0 aromatic carbocycles. The van der Waals surface area contributed by atoms with Gasteiger partial charge in [0.2, 0.25) is 6.41 Å². The van der Waals surface area contributed by atoms with Gasteiger partial charge in [-0.05, 0) is 24.5 Å². The molecule has 90 valence electrons. The number of carbonyl (C=O) groups is 2. The Kier molecular flexibility index (Phi) is 6.92. The van der Waals surface area contributed by atoms with Crippen molar-refractivity contribution < 1.29 is 9.59 Å². The third-order valence-electron chi connectivity index (χ3n) is 2.28. The number of carbonyl (C=O) groups excluding carboxylic acids is 2. The number of rotatable bonds is 7. The molecule has 0 aromatic rings. The molecule has 0 unspecified atom stereocenters. The van der Waals surface area contributed by atoms with Gasteiger partial charge in [0.15, 0.2) is 0 Å². The zero-order valence-corrected chi connectivity index (χ0v) is 10.3. The Balaban J connectivity index is 5.15. The highest BCUT2D eigenvalue weighted by molar-refractivity contribution is 5.77. The van der Waals surface area contributed by atoms with Gasteiger partial charge in [-0.15, -0.1) is 0 Å². The third-order valence-corrected chi connectivity index (χ3v) is 2.28. The maximum Gasteiger partial charge on any atom is 0.207 e. The number of amides is 1. The molecule has 0 radical (unpaired) electrons. The standard InChI is InChI=1S/C12H20N2O2/c1-9(2)12(5-10(3)13-4)11(7-15)6-14-8-16/h5,7-9,13H,6H2,1-4H3,(H,14,16)/b10-5-,12-11+. The van der Waals surface area contributed by atoms with Crippen LogP contribution in [0.2, 0.25) is 0 Å². The summed E-state index contributed by atoms with van der Waals surface area (Å²) >= 11 is 0. The molecule has 0 spiro atoms. The Morgan fingerprint density at radius 2 is 1.94 bits per heavy atom. The van der Waals surface area contributed by atoms with Crippen LogP contribution in [0.3, 0.4) is 0 Å². The van der Waals surface area contributed by atoms with E-state index in [1.165, 1.54) is 0 Å². The van der Waals surface area contributed by atoms with Gasteiger partial charge in [-0.25, -0.2) is 0 Å². The largest absolute Gasteiger partial charge is 0.392 e. The van der Waals surface area contributed by atoms with E-state index in [1.54, 1.807) is 0 Å². The minimum Gasteiger partial charge on any atom is -0.392 e. The highest BCUT2D eigenvalue weighted by Gasteiger charge is 2.08. The third kappa shape index (κ3) is 4.77. The average Bonchev–Trinajstić information content (AvgIpc) is 2.27. The molecule has 0 aliphatic rings. The van der Waals surface area contributed by atoms with Crippen molar-refractivity contribution >= 4 is 12.7 Å². The molecule has 0 bridgehead atoms. The first-order valence-electron chi connectivity index (χ1n) is 5.28. The van der Waals surface area contributed by atoms with Crippen molar-refractivity contribution in [3.05, 3.63) is 22.9 Å². The summed E-state index contributed by atoms with van der Waals surface area (Å²) in [6, 6.07) is 0. The smallest absolute Gasteiger partial charge is 0.207 e. The number of aldehydes is 1. The monoisotopic (exact) mass is 224 g/mol. The summed E-state index contributed by atoms with van der Waals surface area (Å²) in [5.41, 5.74) is 2.53. The first-order chi connectivity index (χ1) is 7.56. The van der Waals surface area contributed by atoms with E-state index in [0.717, 1.165) is 17.6 Å². The van der Waals surface area contributed by atoms with Gasteiger partial charge in [0.05, 0.1) is 0 Å². The first-order valence-corrected chi connectivity index (χ1v) is 5.28. The molecule has 1 amide bonds. The number of nitrogens with one attached hydrogen (secondary N) is 2. The summed E-state index contributed by atoms with van der Waals surface area (Å²) < 4.78 is 0. The average molecular weight is 224 g/mol. The van der Waals surface area contributed by atoms with Crippen molar-refractivity contribution in [1.82, 2.24) is 10.6 Å². The second-order valence-electron chi connectivity index (χ2n) is 3.83. The van der Waals surface area contributed by atoms with E-state index in [4.69, 9.17) is 0 Å².